The molecule has 0 heterocycles. The van der Waals surface area contributed by atoms with Crippen molar-refractivity contribution in [1.29, 1.82) is 0 Å². The maximum atomic E-state index is 10.7. The first-order valence-corrected chi connectivity index (χ1v) is 7.08. The minimum Gasteiger partial charge on any atom is -0.382 e. The van der Waals surface area contributed by atoms with Crippen LogP contribution in [0, 0.1) is 0 Å². The van der Waals surface area contributed by atoms with Crippen LogP contribution in [0.3, 0.4) is 0 Å². The number of carbonyl (C=O) groups is 1. The van der Waals surface area contributed by atoms with Gasteiger partial charge in [0, 0.05) is 22.4 Å². The van der Waals surface area contributed by atoms with E-state index < -0.39 is 6.03 Å². The predicted octanol–water partition coefficient (Wildman–Crippen LogP) is 3.87. The molecule has 4 N–H and O–H groups in total. The molecule has 0 bridgehead atoms. The number of primary amides is 1. The average molecular weight is 304 g/mol. The molecular weight excluding hydrogens is 286 g/mol. The number of halogens is 1. The molecule has 2 amide bonds. The molecule has 0 spiro atoms. The molecule has 0 saturated carbocycles. The van der Waals surface area contributed by atoms with E-state index in [0.717, 1.165) is 17.1 Å². The van der Waals surface area contributed by atoms with E-state index in [9.17, 15) is 4.79 Å². The van der Waals surface area contributed by atoms with Crippen molar-refractivity contribution in [3.8, 4) is 0 Å². The van der Waals surface area contributed by atoms with Crippen molar-refractivity contribution >= 4 is 29.0 Å². The number of benzene rings is 2. The van der Waals surface area contributed by atoms with E-state index in [1.54, 1.807) is 0 Å². The summed E-state index contributed by atoms with van der Waals surface area (Å²) in [5.74, 6) is 0. The molecule has 110 valence electrons. The summed E-state index contributed by atoms with van der Waals surface area (Å²) in [5.41, 5.74) is 7.96. The molecule has 2 aromatic carbocycles. The fourth-order valence-electron chi connectivity index (χ4n) is 2.10. The lowest BCUT2D eigenvalue weighted by Crippen LogP contribution is -2.19. The molecular formula is C16H18ClN3O. The Balaban J connectivity index is 1.91. The minimum absolute atomic E-state index is 0.279. The lowest BCUT2D eigenvalue weighted by atomic mass is 10.1. The Morgan fingerprint density at radius 3 is 2.24 bits per heavy atom. The van der Waals surface area contributed by atoms with E-state index >= 15 is 0 Å². The molecule has 4 nitrogen and oxygen atoms in total. The van der Waals surface area contributed by atoms with Crippen LogP contribution < -0.4 is 16.4 Å². The zero-order valence-electron chi connectivity index (χ0n) is 11.8. The molecule has 21 heavy (non-hydrogen) atoms. The molecule has 2 aromatic rings. The number of carbonyl (C=O) groups excluding carboxylic acids is 1. The predicted molar refractivity (Wildman–Crippen MR) is 87.9 cm³/mol. The average Bonchev–Trinajstić information content (AvgIpc) is 2.43. The van der Waals surface area contributed by atoms with Gasteiger partial charge in [0.2, 0.25) is 0 Å². The molecule has 0 aromatic heterocycles. The third-order valence-corrected chi connectivity index (χ3v) is 3.27. The van der Waals surface area contributed by atoms with E-state index in [1.807, 2.05) is 48.5 Å². The van der Waals surface area contributed by atoms with Crippen molar-refractivity contribution in [2.24, 2.45) is 5.73 Å². The van der Waals surface area contributed by atoms with Gasteiger partial charge in [-0.3, -0.25) is 0 Å². The maximum absolute atomic E-state index is 10.7. The number of rotatable bonds is 5. The summed E-state index contributed by atoms with van der Waals surface area (Å²) >= 11 is 5.87. The van der Waals surface area contributed by atoms with Gasteiger partial charge < -0.3 is 16.4 Å². The minimum atomic E-state index is -0.563. The quantitative estimate of drug-likeness (QED) is 0.785. The molecule has 1 atom stereocenters. The SMILES string of the molecule is CC(Cc1ccc(Cl)cc1)Nc1ccc(NC(N)=O)cc1. The zero-order valence-corrected chi connectivity index (χ0v) is 12.5. The van der Waals surface area contributed by atoms with Gasteiger partial charge in [-0.25, -0.2) is 4.79 Å². The van der Waals surface area contributed by atoms with Crippen LogP contribution in [0.1, 0.15) is 12.5 Å². The first-order chi connectivity index (χ1) is 10.0. The van der Waals surface area contributed by atoms with Crippen molar-refractivity contribution in [2.75, 3.05) is 10.6 Å². The summed E-state index contributed by atoms with van der Waals surface area (Å²) in [4.78, 5) is 10.7. The normalized spacial score (nSPS) is 11.7. The van der Waals surface area contributed by atoms with E-state index in [1.165, 1.54) is 5.56 Å². The third kappa shape index (κ3) is 5.00. The van der Waals surface area contributed by atoms with Crippen molar-refractivity contribution in [2.45, 2.75) is 19.4 Å². The fraction of sp³-hybridized carbons (Fsp3) is 0.188. The number of nitrogens with one attached hydrogen (secondary N) is 2. The Morgan fingerprint density at radius 2 is 1.67 bits per heavy atom. The van der Waals surface area contributed by atoms with Crippen LogP contribution >= 0.6 is 11.6 Å². The molecule has 0 aliphatic carbocycles. The highest BCUT2D eigenvalue weighted by atomic mass is 35.5. The Bertz CT molecular complexity index is 596. The highest BCUT2D eigenvalue weighted by molar-refractivity contribution is 6.30. The molecule has 0 aliphatic heterocycles. The number of hydrogen-bond acceptors (Lipinski definition) is 2. The number of nitrogens with two attached hydrogens (primary N) is 1. The molecule has 0 saturated heterocycles. The Morgan fingerprint density at radius 1 is 1.10 bits per heavy atom. The van der Waals surface area contributed by atoms with Crippen LogP contribution in [0.2, 0.25) is 5.02 Å². The Kier molecular flexibility index (Phi) is 5.06. The molecule has 5 heteroatoms. The summed E-state index contributed by atoms with van der Waals surface area (Å²) in [6.07, 6.45) is 0.901. The molecule has 1 unspecified atom stereocenters. The van der Waals surface area contributed by atoms with Gasteiger partial charge in [-0.15, -0.1) is 0 Å². The van der Waals surface area contributed by atoms with Gasteiger partial charge in [-0.1, -0.05) is 23.7 Å². The second-order valence-corrected chi connectivity index (χ2v) is 5.38. The Labute approximate surface area is 129 Å². The van der Waals surface area contributed by atoms with E-state index in [2.05, 4.69) is 17.6 Å². The summed E-state index contributed by atoms with van der Waals surface area (Å²) in [6.45, 7) is 2.12. The van der Waals surface area contributed by atoms with E-state index in [-0.39, 0.29) is 6.04 Å². The highest BCUT2D eigenvalue weighted by Crippen LogP contribution is 2.16. The zero-order chi connectivity index (χ0) is 15.2. The standard InChI is InChI=1S/C16H18ClN3O/c1-11(10-12-2-4-13(17)5-3-12)19-14-6-8-15(9-7-14)20-16(18)21/h2-9,11,19H,10H2,1H3,(H3,18,20,21). The van der Waals surface area contributed by atoms with Gasteiger partial charge in [0.25, 0.3) is 0 Å². The van der Waals surface area contributed by atoms with Gasteiger partial charge in [-0.05, 0) is 55.3 Å². The smallest absolute Gasteiger partial charge is 0.316 e. The Hall–Kier alpha value is -2.20. The van der Waals surface area contributed by atoms with Crippen LogP contribution in [0.15, 0.2) is 48.5 Å². The first-order valence-electron chi connectivity index (χ1n) is 6.70. The van der Waals surface area contributed by atoms with Crippen LogP contribution in [-0.2, 0) is 6.42 Å². The lowest BCUT2D eigenvalue weighted by molar-refractivity contribution is 0.259. The van der Waals surface area contributed by atoms with E-state index in [0.29, 0.717) is 5.69 Å². The second kappa shape index (κ2) is 6.99. The number of hydrogen-bond donors (Lipinski definition) is 3. The van der Waals surface area contributed by atoms with Crippen LogP contribution in [-0.4, -0.2) is 12.1 Å². The van der Waals surface area contributed by atoms with Gasteiger partial charge in [-0.2, -0.15) is 0 Å². The van der Waals surface area contributed by atoms with Gasteiger partial charge in [0.05, 0.1) is 0 Å². The number of amides is 2. The summed E-state index contributed by atoms with van der Waals surface area (Å²) in [5, 5.41) is 6.68. The molecule has 2 rings (SSSR count). The van der Waals surface area contributed by atoms with Gasteiger partial charge in [0.15, 0.2) is 0 Å². The van der Waals surface area contributed by atoms with Gasteiger partial charge >= 0.3 is 6.03 Å². The van der Waals surface area contributed by atoms with Gasteiger partial charge in [0.1, 0.15) is 0 Å². The molecule has 0 radical (unpaired) electrons. The monoisotopic (exact) mass is 303 g/mol. The number of anilines is 2. The van der Waals surface area contributed by atoms with Crippen molar-refractivity contribution in [3.05, 3.63) is 59.1 Å². The number of urea groups is 1. The van der Waals surface area contributed by atoms with Crippen molar-refractivity contribution < 1.29 is 4.79 Å². The highest BCUT2D eigenvalue weighted by Gasteiger charge is 2.04. The summed E-state index contributed by atoms with van der Waals surface area (Å²) in [6, 6.07) is 15.0. The topological polar surface area (TPSA) is 67.2 Å². The fourth-order valence-corrected chi connectivity index (χ4v) is 2.23. The summed E-state index contributed by atoms with van der Waals surface area (Å²) < 4.78 is 0. The molecule has 0 aliphatic rings. The third-order valence-electron chi connectivity index (χ3n) is 3.02. The largest absolute Gasteiger partial charge is 0.382 e. The van der Waals surface area contributed by atoms with Crippen molar-refractivity contribution in [3.63, 3.8) is 0 Å². The van der Waals surface area contributed by atoms with Crippen LogP contribution in [0.4, 0.5) is 16.2 Å². The van der Waals surface area contributed by atoms with Crippen LogP contribution in [0.25, 0.3) is 0 Å². The second-order valence-electron chi connectivity index (χ2n) is 4.94. The van der Waals surface area contributed by atoms with E-state index in [4.69, 9.17) is 17.3 Å². The lowest BCUT2D eigenvalue weighted by Gasteiger charge is -2.16. The van der Waals surface area contributed by atoms with Crippen molar-refractivity contribution in [1.82, 2.24) is 0 Å². The van der Waals surface area contributed by atoms with Crippen LogP contribution in [0.5, 0.6) is 0 Å². The summed E-state index contributed by atoms with van der Waals surface area (Å²) in [7, 11) is 0. The first kappa shape index (κ1) is 15.2. The maximum Gasteiger partial charge on any atom is 0.316 e. The molecule has 0 fully saturated rings.